The largest absolute Gasteiger partial charge is 0.463 e. The first kappa shape index (κ1) is 14.1. The molecule has 1 heterocycles. The first-order chi connectivity index (χ1) is 9.24. The van der Waals surface area contributed by atoms with E-state index in [0.717, 1.165) is 42.1 Å². The normalized spacial score (nSPS) is 10.8. The summed E-state index contributed by atoms with van der Waals surface area (Å²) in [6.45, 7) is 0.783. The van der Waals surface area contributed by atoms with E-state index in [4.69, 9.17) is 4.42 Å². The fourth-order valence-corrected chi connectivity index (χ4v) is 2.47. The van der Waals surface area contributed by atoms with Crippen molar-refractivity contribution in [1.29, 1.82) is 0 Å². The topological polar surface area (TPSA) is 33.5 Å². The van der Waals surface area contributed by atoms with Gasteiger partial charge in [0.2, 0.25) is 0 Å². The standard InChI is InChI=1S/C15H18BrNO2/c1-17(10-6-2-5-9-16)15(18)13-11-19-14-8-4-3-7-12(13)14/h3-4,7-8,11H,2,5-6,9-10H2,1H3. The molecular weight excluding hydrogens is 306 g/mol. The molecule has 1 aromatic heterocycles. The highest BCUT2D eigenvalue weighted by atomic mass is 79.9. The van der Waals surface area contributed by atoms with Crippen LogP contribution in [0.3, 0.4) is 0 Å². The molecule has 0 spiro atoms. The highest BCUT2D eigenvalue weighted by Gasteiger charge is 2.16. The highest BCUT2D eigenvalue weighted by Crippen LogP contribution is 2.21. The Labute approximate surface area is 121 Å². The Hall–Kier alpha value is -1.29. The lowest BCUT2D eigenvalue weighted by atomic mass is 10.1. The van der Waals surface area contributed by atoms with Crippen molar-refractivity contribution in [3.63, 3.8) is 0 Å². The van der Waals surface area contributed by atoms with Crippen LogP contribution >= 0.6 is 15.9 Å². The molecule has 0 fully saturated rings. The molecule has 0 radical (unpaired) electrons. The van der Waals surface area contributed by atoms with E-state index in [1.54, 1.807) is 11.2 Å². The molecule has 0 bridgehead atoms. The number of carbonyl (C=O) groups is 1. The molecule has 3 nitrogen and oxygen atoms in total. The van der Waals surface area contributed by atoms with Crippen molar-refractivity contribution in [3.05, 3.63) is 36.1 Å². The van der Waals surface area contributed by atoms with Gasteiger partial charge in [-0.3, -0.25) is 4.79 Å². The zero-order chi connectivity index (χ0) is 13.7. The van der Waals surface area contributed by atoms with Gasteiger partial charge in [-0.2, -0.15) is 0 Å². The highest BCUT2D eigenvalue weighted by molar-refractivity contribution is 9.09. The van der Waals surface area contributed by atoms with E-state index in [9.17, 15) is 4.79 Å². The van der Waals surface area contributed by atoms with Gasteiger partial charge >= 0.3 is 0 Å². The average molecular weight is 324 g/mol. The fraction of sp³-hybridized carbons (Fsp3) is 0.400. The summed E-state index contributed by atoms with van der Waals surface area (Å²) in [5.41, 5.74) is 1.41. The molecule has 0 N–H and O–H groups in total. The zero-order valence-electron chi connectivity index (χ0n) is 11.1. The van der Waals surface area contributed by atoms with E-state index in [2.05, 4.69) is 15.9 Å². The van der Waals surface area contributed by atoms with Crippen LogP contribution in [0.15, 0.2) is 34.9 Å². The van der Waals surface area contributed by atoms with E-state index >= 15 is 0 Å². The lowest BCUT2D eigenvalue weighted by molar-refractivity contribution is 0.0793. The summed E-state index contributed by atoms with van der Waals surface area (Å²) in [6.07, 6.45) is 4.87. The van der Waals surface area contributed by atoms with Crippen LogP contribution in [0.25, 0.3) is 11.0 Å². The predicted molar refractivity (Wildman–Crippen MR) is 80.8 cm³/mol. The van der Waals surface area contributed by atoms with Gasteiger partial charge in [-0.25, -0.2) is 0 Å². The summed E-state index contributed by atoms with van der Waals surface area (Å²) in [5.74, 6) is 0.0313. The second kappa shape index (κ2) is 6.75. The molecule has 2 rings (SSSR count). The number of benzene rings is 1. The molecule has 4 heteroatoms. The van der Waals surface area contributed by atoms with E-state index in [1.165, 1.54) is 0 Å². The first-order valence-corrected chi connectivity index (χ1v) is 7.64. The molecule has 0 saturated carbocycles. The summed E-state index contributed by atoms with van der Waals surface area (Å²) in [4.78, 5) is 14.1. The number of hydrogen-bond acceptors (Lipinski definition) is 2. The van der Waals surface area contributed by atoms with Crippen molar-refractivity contribution in [2.45, 2.75) is 19.3 Å². The number of carbonyl (C=O) groups excluding carboxylic acids is 1. The average Bonchev–Trinajstić information content (AvgIpc) is 2.86. The Balaban J connectivity index is 2.02. The van der Waals surface area contributed by atoms with Crippen molar-refractivity contribution < 1.29 is 9.21 Å². The maximum absolute atomic E-state index is 12.3. The molecular formula is C15H18BrNO2. The van der Waals surface area contributed by atoms with Crippen LogP contribution in [-0.2, 0) is 0 Å². The number of halogens is 1. The van der Waals surface area contributed by atoms with Gasteiger partial charge in [-0.15, -0.1) is 0 Å². The van der Waals surface area contributed by atoms with E-state index in [0.29, 0.717) is 5.56 Å². The van der Waals surface area contributed by atoms with Crippen LogP contribution in [0.4, 0.5) is 0 Å². The zero-order valence-corrected chi connectivity index (χ0v) is 12.6. The summed E-state index contributed by atoms with van der Waals surface area (Å²) in [5, 5.41) is 1.91. The molecule has 1 amide bonds. The van der Waals surface area contributed by atoms with Gasteiger partial charge < -0.3 is 9.32 Å². The smallest absolute Gasteiger partial charge is 0.257 e. The number of para-hydroxylation sites is 1. The number of unbranched alkanes of at least 4 members (excludes halogenated alkanes) is 2. The molecule has 0 unspecified atom stereocenters. The summed E-state index contributed by atoms with van der Waals surface area (Å²) in [7, 11) is 1.85. The SMILES string of the molecule is CN(CCCCCBr)C(=O)c1coc2ccccc12. The minimum Gasteiger partial charge on any atom is -0.463 e. The minimum absolute atomic E-state index is 0.0313. The number of furan rings is 1. The van der Waals surface area contributed by atoms with Crippen LogP contribution in [-0.4, -0.2) is 29.7 Å². The first-order valence-electron chi connectivity index (χ1n) is 6.51. The maximum atomic E-state index is 12.3. The molecule has 0 aliphatic rings. The molecule has 0 atom stereocenters. The second-order valence-corrected chi connectivity index (χ2v) is 5.41. The maximum Gasteiger partial charge on any atom is 0.257 e. The number of amides is 1. The van der Waals surface area contributed by atoms with Crippen LogP contribution in [0.1, 0.15) is 29.6 Å². The number of nitrogens with zero attached hydrogens (tertiary/aromatic N) is 1. The number of rotatable bonds is 6. The molecule has 102 valence electrons. The second-order valence-electron chi connectivity index (χ2n) is 4.62. The van der Waals surface area contributed by atoms with E-state index in [1.807, 2.05) is 31.3 Å². The van der Waals surface area contributed by atoms with Gasteiger partial charge in [0.15, 0.2) is 0 Å². The fourth-order valence-electron chi connectivity index (χ4n) is 2.07. The van der Waals surface area contributed by atoms with Crippen molar-refractivity contribution in [1.82, 2.24) is 4.90 Å². The lowest BCUT2D eigenvalue weighted by Gasteiger charge is -2.16. The van der Waals surface area contributed by atoms with Gasteiger partial charge in [0.25, 0.3) is 5.91 Å². The van der Waals surface area contributed by atoms with Gasteiger partial charge in [0, 0.05) is 24.3 Å². The summed E-state index contributed by atoms with van der Waals surface area (Å²) >= 11 is 3.41. The number of fused-ring (bicyclic) bond motifs is 1. The van der Waals surface area contributed by atoms with Gasteiger partial charge in [-0.05, 0) is 18.9 Å². The Kier molecular flexibility index (Phi) is 5.02. The predicted octanol–water partition coefficient (Wildman–Crippen LogP) is 4.07. The Morgan fingerprint density at radius 2 is 2.05 bits per heavy atom. The van der Waals surface area contributed by atoms with Crippen LogP contribution in [0.5, 0.6) is 0 Å². The third-order valence-corrected chi connectivity index (χ3v) is 3.75. The van der Waals surface area contributed by atoms with Crippen molar-refractivity contribution in [3.8, 4) is 0 Å². The molecule has 2 aromatic rings. The van der Waals surface area contributed by atoms with Crippen LogP contribution < -0.4 is 0 Å². The Bertz CT molecular complexity index is 550. The van der Waals surface area contributed by atoms with Crippen molar-refractivity contribution in [2.24, 2.45) is 0 Å². The monoisotopic (exact) mass is 323 g/mol. The number of hydrogen-bond donors (Lipinski definition) is 0. The molecule has 19 heavy (non-hydrogen) atoms. The lowest BCUT2D eigenvalue weighted by Crippen LogP contribution is -2.27. The van der Waals surface area contributed by atoms with Crippen molar-refractivity contribution >= 4 is 32.8 Å². The molecule has 0 aliphatic heterocycles. The molecule has 0 aliphatic carbocycles. The Morgan fingerprint density at radius 1 is 1.26 bits per heavy atom. The van der Waals surface area contributed by atoms with Gasteiger partial charge in [0.1, 0.15) is 11.8 Å². The summed E-state index contributed by atoms with van der Waals surface area (Å²) in [6, 6.07) is 7.63. The van der Waals surface area contributed by atoms with Crippen LogP contribution in [0.2, 0.25) is 0 Å². The van der Waals surface area contributed by atoms with Gasteiger partial charge in [-0.1, -0.05) is 40.5 Å². The van der Waals surface area contributed by atoms with Crippen LogP contribution in [0, 0.1) is 0 Å². The third kappa shape index (κ3) is 3.38. The minimum atomic E-state index is 0.0313. The quantitative estimate of drug-likeness (QED) is 0.593. The van der Waals surface area contributed by atoms with E-state index < -0.39 is 0 Å². The van der Waals surface area contributed by atoms with E-state index in [-0.39, 0.29) is 5.91 Å². The van der Waals surface area contributed by atoms with Crippen molar-refractivity contribution in [2.75, 3.05) is 18.9 Å². The third-order valence-electron chi connectivity index (χ3n) is 3.19. The number of alkyl halides is 1. The Morgan fingerprint density at radius 3 is 2.84 bits per heavy atom. The van der Waals surface area contributed by atoms with Gasteiger partial charge in [0.05, 0.1) is 5.56 Å². The molecule has 1 aromatic carbocycles. The molecule has 0 saturated heterocycles. The summed E-state index contributed by atoms with van der Waals surface area (Å²) < 4.78 is 5.41.